The molecule has 1 aromatic rings. The van der Waals surface area contributed by atoms with Gasteiger partial charge in [0.05, 0.1) is 16.3 Å². The van der Waals surface area contributed by atoms with E-state index in [0.29, 0.717) is 5.69 Å². The molecule has 0 radical (unpaired) electrons. The largest absolute Gasteiger partial charge is 0.397 e. The molecule has 0 fully saturated rings. The highest BCUT2D eigenvalue weighted by Crippen LogP contribution is 2.27. The second-order valence-electron chi connectivity index (χ2n) is 5.69. The van der Waals surface area contributed by atoms with E-state index in [0.717, 1.165) is 4.31 Å². The average molecular weight is 314 g/mol. The quantitative estimate of drug-likeness (QED) is 0.664. The van der Waals surface area contributed by atoms with Crippen molar-refractivity contribution in [2.75, 3.05) is 25.1 Å². The zero-order chi connectivity index (χ0) is 16.4. The van der Waals surface area contributed by atoms with Gasteiger partial charge in [0.2, 0.25) is 15.9 Å². The summed E-state index contributed by atoms with van der Waals surface area (Å²) in [6.07, 6.45) is 0.129. The first-order chi connectivity index (χ1) is 9.45. The van der Waals surface area contributed by atoms with Gasteiger partial charge in [0, 0.05) is 26.1 Å². The smallest absolute Gasteiger partial charge is 0.242 e. The van der Waals surface area contributed by atoms with Crippen LogP contribution in [0.2, 0.25) is 0 Å². The molecule has 0 aliphatic heterocycles. The van der Waals surface area contributed by atoms with Gasteiger partial charge in [-0.3, -0.25) is 4.79 Å². The molecule has 1 amide bonds. The summed E-state index contributed by atoms with van der Waals surface area (Å²) in [4.78, 5) is 11.1. The summed E-state index contributed by atoms with van der Waals surface area (Å²) < 4.78 is 25.1. The Morgan fingerprint density at radius 3 is 2.33 bits per heavy atom. The van der Waals surface area contributed by atoms with Gasteiger partial charge in [-0.05, 0) is 32.0 Å². The Kier molecular flexibility index (Phi) is 4.85. The third-order valence-corrected chi connectivity index (χ3v) is 4.70. The molecule has 7 nitrogen and oxygen atoms in total. The monoisotopic (exact) mass is 314 g/mol. The van der Waals surface area contributed by atoms with Crippen molar-refractivity contribution in [1.29, 1.82) is 0 Å². The molecular formula is C13H22N4O3S. The number of rotatable bonds is 6. The minimum Gasteiger partial charge on any atom is -0.397 e. The van der Waals surface area contributed by atoms with Gasteiger partial charge in [0.1, 0.15) is 0 Å². The Morgan fingerprint density at radius 1 is 1.33 bits per heavy atom. The minimum absolute atomic E-state index is 0.114. The molecular weight excluding hydrogens is 292 g/mol. The number of nitrogens with one attached hydrogen (secondary N) is 1. The second-order valence-corrected chi connectivity index (χ2v) is 7.84. The molecule has 8 heteroatoms. The van der Waals surface area contributed by atoms with E-state index in [2.05, 4.69) is 5.32 Å². The Balaban J connectivity index is 3.07. The standard InChI is InChI=1S/C13H22N4O3S/c1-13(2,8-12(15)18)16-11-6-5-9(7-10(11)14)21(19,20)17(3)4/h5-7,16H,8,14H2,1-4H3,(H2,15,18). The number of nitrogens with zero attached hydrogens (tertiary/aromatic N) is 1. The summed E-state index contributed by atoms with van der Waals surface area (Å²) in [5.41, 5.74) is 11.3. The first-order valence-electron chi connectivity index (χ1n) is 6.34. The SMILES string of the molecule is CN(C)S(=O)(=O)c1ccc(NC(C)(C)CC(N)=O)c(N)c1. The van der Waals surface area contributed by atoms with E-state index in [1.165, 1.54) is 26.2 Å². The predicted octanol–water partition coefficient (Wildman–Crippen LogP) is 0.585. The van der Waals surface area contributed by atoms with Gasteiger partial charge in [-0.2, -0.15) is 0 Å². The Morgan fingerprint density at radius 2 is 1.90 bits per heavy atom. The average Bonchev–Trinajstić information content (AvgIpc) is 2.29. The molecule has 0 aliphatic rings. The molecule has 5 N–H and O–H groups in total. The number of hydrogen-bond acceptors (Lipinski definition) is 5. The Bertz CT molecular complexity index is 639. The molecule has 0 spiro atoms. The second kappa shape index (κ2) is 5.90. The maximum atomic E-state index is 12.0. The zero-order valence-corrected chi connectivity index (χ0v) is 13.5. The molecule has 0 saturated carbocycles. The van der Waals surface area contributed by atoms with Gasteiger partial charge in [0.25, 0.3) is 0 Å². The molecule has 0 heterocycles. The Labute approximate surface area is 125 Å². The molecule has 21 heavy (non-hydrogen) atoms. The van der Waals surface area contributed by atoms with E-state index in [4.69, 9.17) is 11.5 Å². The van der Waals surface area contributed by atoms with Gasteiger partial charge >= 0.3 is 0 Å². The summed E-state index contributed by atoms with van der Waals surface area (Å²) in [5.74, 6) is -0.433. The summed E-state index contributed by atoms with van der Waals surface area (Å²) >= 11 is 0. The van der Waals surface area contributed by atoms with Crippen LogP contribution >= 0.6 is 0 Å². The molecule has 0 unspecified atom stereocenters. The number of carbonyl (C=O) groups is 1. The van der Waals surface area contributed by atoms with Gasteiger partial charge < -0.3 is 16.8 Å². The molecule has 0 aromatic heterocycles. The highest BCUT2D eigenvalue weighted by atomic mass is 32.2. The molecule has 0 atom stereocenters. The third kappa shape index (κ3) is 4.33. The van der Waals surface area contributed by atoms with Gasteiger partial charge in [0.15, 0.2) is 0 Å². The molecule has 1 aromatic carbocycles. The summed E-state index contributed by atoms with van der Waals surface area (Å²) in [5, 5.41) is 3.09. The van der Waals surface area contributed by atoms with Crippen molar-refractivity contribution >= 4 is 27.3 Å². The van der Waals surface area contributed by atoms with Gasteiger partial charge in [-0.25, -0.2) is 12.7 Å². The topological polar surface area (TPSA) is 119 Å². The maximum Gasteiger partial charge on any atom is 0.242 e. The fourth-order valence-corrected chi connectivity index (χ4v) is 2.81. The number of anilines is 2. The first kappa shape index (κ1) is 17.3. The van der Waals surface area contributed by atoms with Crippen molar-refractivity contribution < 1.29 is 13.2 Å². The van der Waals surface area contributed by atoms with Crippen molar-refractivity contribution in [3.05, 3.63) is 18.2 Å². The number of sulfonamides is 1. The van der Waals surface area contributed by atoms with Gasteiger partial charge in [-0.1, -0.05) is 0 Å². The van der Waals surface area contributed by atoms with Crippen molar-refractivity contribution in [3.8, 4) is 0 Å². The van der Waals surface area contributed by atoms with E-state index in [-0.39, 0.29) is 17.0 Å². The molecule has 0 saturated heterocycles. The fraction of sp³-hybridized carbons (Fsp3) is 0.462. The fourth-order valence-electron chi connectivity index (χ4n) is 1.87. The summed E-state index contributed by atoms with van der Waals surface area (Å²) in [7, 11) is -0.623. The Hall–Kier alpha value is -1.80. The number of amides is 1. The number of nitrogen functional groups attached to an aromatic ring is 1. The van der Waals surface area contributed by atoms with Crippen molar-refractivity contribution in [2.45, 2.75) is 30.7 Å². The minimum atomic E-state index is -3.53. The van der Waals surface area contributed by atoms with Crippen LogP contribution in [0, 0.1) is 0 Å². The van der Waals surface area contributed by atoms with Crippen LogP contribution in [0.25, 0.3) is 0 Å². The number of hydrogen-bond donors (Lipinski definition) is 3. The van der Waals surface area contributed by atoms with Crippen LogP contribution in [0.1, 0.15) is 20.3 Å². The number of carbonyl (C=O) groups excluding carboxylic acids is 1. The van der Waals surface area contributed by atoms with E-state index in [1.807, 2.05) is 13.8 Å². The number of nitrogens with two attached hydrogens (primary N) is 2. The van der Waals surface area contributed by atoms with Gasteiger partial charge in [-0.15, -0.1) is 0 Å². The first-order valence-corrected chi connectivity index (χ1v) is 7.78. The van der Waals surface area contributed by atoms with Crippen LogP contribution in [0.3, 0.4) is 0 Å². The molecule has 0 bridgehead atoms. The van der Waals surface area contributed by atoms with Crippen LogP contribution in [0.5, 0.6) is 0 Å². The van der Waals surface area contributed by atoms with Crippen LogP contribution in [0.15, 0.2) is 23.1 Å². The van der Waals surface area contributed by atoms with Crippen molar-refractivity contribution in [1.82, 2.24) is 4.31 Å². The van der Waals surface area contributed by atoms with E-state index in [9.17, 15) is 13.2 Å². The molecule has 0 aliphatic carbocycles. The van der Waals surface area contributed by atoms with Crippen LogP contribution in [0.4, 0.5) is 11.4 Å². The molecule has 118 valence electrons. The normalized spacial score (nSPS) is 12.4. The highest BCUT2D eigenvalue weighted by molar-refractivity contribution is 7.89. The summed E-state index contributed by atoms with van der Waals surface area (Å²) in [6.45, 7) is 3.61. The maximum absolute atomic E-state index is 12.0. The lowest BCUT2D eigenvalue weighted by Gasteiger charge is -2.27. The van der Waals surface area contributed by atoms with Crippen LogP contribution < -0.4 is 16.8 Å². The lowest BCUT2D eigenvalue weighted by Crippen LogP contribution is -2.36. The number of primary amides is 1. The van der Waals surface area contributed by atoms with E-state index in [1.54, 1.807) is 6.07 Å². The number of benzene rings is 1. The lowest BCUT2D eigenvalue weighted by molar-refractivity contribution is -0.118. The highest BCUT2D eigenvalue weighted by Gasteiger charge is 2.23. The van der Waals surface area contributed by atoms with Crippen molar-refractivity contribution in [2.24, 2.45) is 5.73 Å². The third-order valence-electron chi connectivity index (χ3n) is 2.89. The van der Waals surface area contributed by atoms with Crippen LogP contribution in [-0.2, 0) is 14.8 Å². The zero-order valence-electron chi connectivity index (χ0n) is 12.7. The van der Waals surface area contributed by atoms with Crippen LogP contribution in [-0.4, -0.2) is 38.3 Å². The van der Waals surface area contributed by atoms with Crippen molar-refractivity contribution in [3.63, 3.8) is 0 Å². The lowest BCUT2D eigenvalue weighted by atomic mass is 9.99. The van der Waals surface area contributed by atoms with E-state index < -0.39 is 21.5 Å². The van der Waals surface area contributed by atoms with E-state index >= 15 is 0 Å². The predicted molar refractivity (Wildman–Crippen MR) is 83.2 cm³/mol. The summed E-state index contributed by atoms with van der Waals surface area (Å²) in [6, 6.07) is 4.43. The molecule has 1 rings (SSSR count).